The summed E-state index contributed by atoms with van der Waals surface area (Å²) < 4.78 is 0. The zero-order valence-electron chi connectivity index (χ0n) is 14.2. The van der Waals surface area contributed by atoms with E-state index in [-0.39, 0.29) is 18.4 Å². The first-order chi connectivity index (χ1) is 12.0. The minimum atomic E-state index is -0.878. The standard InChI is InChI=1S/C20H20N2O3/c1-13(2)21-18(23)17(12-14-8-4-3-5-9-14)22-19(24)15-10-6-7-11-16(15)20(22)25/h3-11,13,17H,12H2,1-2H3,(H,21,23)/t17-/m0/s1. The van der Waals surface area contributed by atoms with E-state index in [1.165, 1.54) is 0 Å². The smallest absolute Gasteiger partial charge is 0.262 e. The molecule has 0 bridgehead atoms. The van der Waals surface area contributed by atoms with Crippen LogP contribution in [0.1, 0.15) is 40.1 Å². The van der Waals surface area contributed by atoms with Crippen molar-refractivity contribution < 1.29 is 14.4 Å². The molecule has 3 amide bonds. The van der Waals surface area contributed by atoms with E-state index >= 15 is 0 Å². The first-order valence-corrected chi connectivity index (χ1v) is 8.30. The summed E-state index contributed by atoms with van der Waals surface area (Å²) in [4.78, 5) is 39.3. The maximum Gasteiger partial charge on any atom is 0.262 e. The van der Waals surface area contributed by atoms with Gasteiger partial charge in [-0.25, -0.2) is 0 Å². The Morgan fingerprint density at radius 2 is 1.44 bits per heavy atom. The Morgan fingerprint density at radius 1 is 0.920 bits per heavy atom. The van der Waals surface area contributed by atoms with E-state index < -0.39 is 17.9 Å². The highest BCUT2D eigenvalue weighted by atomic mass is 16.2. The van der Waals surface area contributed by atoms with Crippen LogP contribution in [0, 0.1) is 0 Å². The molecule has 3 rings (SSSR count). The van der Waals surface area contributed by atoms with E-state index in [0.717, 1.165) is 10.5 Å². The zero-order valence-corrected chi connectivity index (χ0v) is 14.2. The van der Waals surface area contributed by atoms with Gasteiger partial charge in [0.25, 0.3) is 11.8 Å². The van der Waals surface area contributed by atoms with Crippen molar-refractivity contribution in [3.05, 3.63) is 71.3 Å². The second-order valence-corrected chi connectivity index (χ2v) is 6.39. The summed E-state index contributed by atoms with van der Waals surface area (Å²) in [6, 6.07) is 15.1. The molecule has 5 nitrogen and oxygen atoms in total. The van der Waals surface area contributed by atoms with Crippen LogP contribution in [0.4, 0.5) is 0 Å². The Morgan fingerprint density at radius 3 is 1.96 bits per heavy atom. The van der Waals surface area contributed by atoms with Gasteiger partial charge in [-0.15, -0.1) is 0 Å². The quantitative estimate of drug-likeness (QED) is 0.853. The molecule has 128 valence electrons. The van der Waals surface area contributed by atoms with Gasteiger partial charge in [0.1, 0.15) is 6.04 Å². The maximum atomic E-state index is 12.8. The van der Waals surface area contributed by atoms with Gasteiger partial charge in [-0.1, -0.05) is 42.5 Å². The van der Waals surface area contributed by atoms with Gasteiger partial charge < -0.3 is 5.32 Å². The lowest BCUT2D eigenvalue weighted by Crippen LogP contribution is -2.52. The van der Waals surface area contributed by atoms with Crippen LogP contribution in [0.15, 0.2) is 54.6 Å². The topological polar surface area (TPSA) is 66.5 Å². The molecular weight excluding hydrogens is 316 g/mol. The molecule has 2 aromatic rings. The Hall–Kier alpha value is -2.95. The number of imide groups is 1. The number of carbonyl (C=O) groups is 3. The molecule has 0 aliphatic carbocycles. The highest BCUT2D eigenvalue weighted by Crippen LogP contribution is 2.26. The van der Waals surface area contributed by atoms with Crippen molar-refractivity contribution >= 4 is 17.7 Å². The Balaban J connectivity index is 1.96. The van der Waals surface area contributed by atoms with Crippen molar-refractivity contribution in [2.75, 3.05) is 0 Å². The average Bonchev–Trinajstić information content (AvgIpc) is 2.85. The van der Waals surface area contributed by atoms with Crippen LogP contribution in [0.25, 0.3) is 0 Å². The van der Waals surface area contributed by atoms with Crippen molar-refractivity contribution in [1.82, 2.24) is 10.2 Å². The first-order valence-electron chi connectivity index (χ1n) is 8.30. The van der Waals surface area contributed by atoms with E-state index in [0.29, 0.717) is 11.1 Å². The molecule has 0 aromatic heterocycles. The third-order valence-electron chi connectivity index (χ3n) is 4.14. The first kappa shape index (κ1) is 16.9. The van der Waals surface area contributed by atoms with E-state index in [2.05, 4.69) is 5.32 Å². The van der Waals surface area contributed by atoms with Gasteiger partial charge in [0, 0.05) is 12.5 Å². The van der Waals surface area contributed by atoms with Crippen molar-refractivity contribution in [1.29, 1.82) is 0 Å². The molecule has 1 aliphatic heterocycles. The Kier molecular flexibility index (Phi) is 4.65. The second-order valence-electron chi connectivity index (χ2n) is 6.39. The summed E-state index contributed by atoms with van der Waals surface area (Å²) in [7, 11) is 0. The fourth-order valence-corrected chi connectivity index (χ4v) is 3.01. The van der Waals surface area contributed by atoms with Crippen LogP contribution in [0.2, 0.25) is 0 Å². The highest BCUT2D eigenvalue weighted by Gasteiger charge is 2.42. The molecule has 1 aliphatic rings. The summed E-state index contributed by atoms with van der Waals surface area (Å²) in [5.74, 6) is -1.16. The molecule has 2 aromatic carbocycles. The molecule has 0 unspecified atom stereocenters. The lowest BCUT2D eigenvalue weighted by atomic mass is 10.0. The molecule has 1 heterocycles. The van der Waals surface area contributed by atoms with Gasteiger partial charge in [0.15, 0.2) is 0 Å². The summed E-state index contributed by atoms with van der Waals surface area (Å²) in [6.07, 6.45) is 0.283. The molecule has 5 heteroatoms. The molecule has 0 radical (unpaired) electrons. The number of benzene rings is 2. The van der Waals surface area contributed by atoms with Crippen LogP contribution in [-0.2, 0) is 11.2 Å². The third-order valence-corrected chi connectivity index (χ3v) is 4.14. The number of carbonyl (C=O) groups excluding carboxylic acids is 3. The minimum absolute atomic E-state index is 0.0824. The SMILES string of the molecule is CC(C)NC(=O)[C@H](Cc1ccccc1)N1C(=O)c2ccccc2C1=O. The van der Waals surface area contributed by atoms with Crippen LogP contribution < -0.4 is 5.32 Å². The zero-order chi connectivity index (χ0) is 18.0. The van der Waals surface area contributed by atoms with Crippen molar-refractivity contribution in [3.8, 4) is 0 Å². The van der Waals surface area contributed by atoms with Crippen molar-refractivity contribution in [3.63, 3.8) is 0 Å². The van der Waals surface area contributed by atoms with Gasteiger partial charge in [0.2, 0.25) is 5.91 Å². The van der Waals surface area contributed by atoms with Gasteiger partial charge in [-0.2, -0.15) is 0 Å². The lowest BCUT2D eigenvalue weighted by Gasteiger charge is -2.26. The number of hydrogen-bond donors (Lipinski definition) is 1. The van der Waals surface area contributed by atoms with Gasteiger partial charge in [-0.3, -0.25) is 19.3 Å². The summed E-state index contributed by atoms with van der Waals surface area (Å²) >= 11 is 0. The Labute approximate surface area is 146 Å². The molecule has 25 heavy (non-hydrogen) atoms. The summed E-state index contributed by atoms with van der Waals surface area (Å²) in [5.41, 5.74) is 1.59. The van der Waals surface area contributed by atoms with Gasteiger partial charge >= 0.3 is 0 Å². The monoisotopic (exact) mass is 336 g/mol. The van der Waals surface area contributed by atoms with E-state index in [1.54, 1.807) is 24.3 Å². The highest BCUT2D eigenvalue weighted by molar-refractivity contribution is 6.22. The summed E-state index contributed by atoms with van der Waals surface area (Å²) in [6.45, 7) is 3.69. The largest absolute Gasteiger partial charge is 0.352 e. The number of nitrogens with one attached hydrogen (secondary N) is 1. The lowest BCUT2D eigenvalue weighted by molar-refractivity contribution is -0.125. The number of hydrogen-bond acceptors (Lipinski definition) is 3. The molecule has 0 fully saturated rings. The van der Waals surface area contributed by atoms with Gasteiger partial charge in [-0.05, 0) is 31.5 Å². The number of nitrogens with zero attached hydrogens (tertiary/aromatic N) is 1. The Bertz CT molecular complexity index is 780. The fraction of sp³-hybridized carbons (Fsp3) is 0.250. The van der Waals surface area contributed by atoms with Crippen LogP contribution in [0.5, 0.6) is 0 Å². The predicted octanol–water partition coefficient (Wildman–Crippen LogP) is 2.42. The van der Waals surface area contributed by atoms with Crippen LogP contribution >= 0.6 is 0 Å². The van der Waals surface area contributed by atoms with Crippen LogP contribution in [0.3, 0.4) is 0 Å². The number of fused-ring (bicyclic) bond motifs is 1. The number of rotatable bonds is 5. The third kappa shape index (κ3) is 3.31. The maximum absolute atomic E-state index is 12.8. The molecule has 0 saturated heterocycles. The second kappa shape index (κ2) is 6.89. The predicted molar refractivity (Wildman–Crippen MR) is 94.2 cm³/mol. The van der Waals surface area contributed by atoms with Crippen molar-refractivity contribution in [2.24, 2.45) is 0 Å². The molecule has 1 atom stereocenters. The van der Waals surface area contributed by atoms with E-state index in [9.17, 15) is 14.4 Å². The van der Waals surface area contributed by atoms with Gasteiger partial charge in [0.05, 0.1) is 11.1 Å². The number of amides is 3. The minimum Gasteiger partial charge on any atom is -0.352 e. The molecule has 1 N–H and O–H groups in total. The van der Waals surface area contributed by atoms with Crippen molar-refractivity contribution in [2.45, 2.75) is 32.4 Å². The molecule has 0 saturated carbocycles. The molecular formula is C20H20N2O3. The average molecular weight is 336 g/mol. The van der Waals surface area contributed by atoms with E-state index in [1.807, 2.05) is 44.2 Å². The normalized spacial score (nSPS) is 14.6. The fourth-order valence-electron chi connectivity index (χ4n) is 3.01. The molecule has 0 spiro atoms. The van der Waals surface area contributed by atoms with E-state index in [4.69, 9.17) is 0 Å². The summed E-state index contributed by atoms with van der Waals surface area (Å²) in [5, 5.41) is 2.82. The van der Waals surface area contributed by atoms with Crippen LogP contribution in [-0.4, -0.2) is 34.7 Å².